The van der Waals surface area contributed by atoms with Crippen molar-refractivity contribution in [1.29, 1.82) is 0 Å². The smallest absolute Gasteiger partial charge is 0.242 e. The maximum Gasteiger partial charge on any atom is 0.242 e. The normalized spacial score (nSPS) is 20.6. The molecule has 0 radical (unpaired) electrons. The maximum atomic E-state index is 12.4. The second-order valence-electron chi connectivity index (χ2n) is 5.09. The molecule has 1 aliphatic heterocycles. The van der Waals surface area contributed by atoms with Gasteiger partial charge in [-0.3, -0.25) is 0 Å². The molecule has 1 fully saturated rings. The van der Waals surface area contributed by atoms with Crippen molar-refractivity contribution in [3.8, 4) is 0 Å². The highest BCUT2D eigenvalue weighted by atomic mass is 35.5. The summed E-state index contributed by atoms with van der Waals surface area (Å²) in [5.74, 6) is 0.288. The molecule has 0 aliphatic carbocycles. The van der Waals surface area contributed by atoms with Crippen LogP contribution in [0, 0.1) is 5.92 Å². The summed E-state index contributed by atoms with van der Waals surface area (Å²) >= 11 is 11.8. The summed E-state index contributed by atoms with van der Waals surface area (Å²) in [6, 6.07) is 4.28. The number of halogens is 3. The first-order valence-corrected chi connectivity index (χ1v) is 8.82. The van der Waals surface area contributed by atoms with Crippen LogP contribution in [0.2, 0.25) is 10.0 Å². The van der Waals surface area contributed by atoms with Gasteiger partial charge in [0.05, 0.1) is 5.02 Å². The summed E-state index contributed by atoms with van der Waals surface area (Å²) in [4.78, 5) is 0.0299. The Bertz CT molecular complexity index is 575. The van der Waals surface area contributed by atoms with Crippen molar-refractivity contribution in [3.05, 3.63) is 28.2 Å². The molecule has 0 amide bonds. The van der Waals surface area contributed by atoms with Crippen LogP contribution < -0.4 is 10.0 Å². The summed E-state index contributed by atoms with van der Waals surface area (Å²) in [6.07, 6.45) is 2.08. The van der Waals surface area contributed by atoms with Crippen molar-refractivity contribution in [1.82, 2.24) is 10.0 Å². The van der Waals surface area contributed by atoms with Crippen LogP contribution in [0.5, 0.6) is 0 Å². The molecule has 0 aromatic heterocycles. The third kappa shape index (κ3) is 4.98. The van der Waals surface area contributed by atoms with Crippen LogP contribution >= 0.6 is 35.6 Å². The molecule has 2 atom stereocenters. The molecule has 1 heterocycles. The predicted molar refractivity (Wildman–Crippen MR) is 89.1 cm³/mol. The van der Waals surface area contributed by atoms with Gasteiger partial charge in [-0.25, -0.2) is 13.1 Å². The van der Waals surface area contributed by atoms with Crippen molar-refractivity contribution in [2.75, 3.05) is 13.1 Å². The zero-order valence-corrected chi connectivity index (χ0v) is 14.7. The van der Waals surface area contributed by atoms with Gasteiger partial charge in [0.1, 0.15) is 4.90 Å². The lowest BCUT2D eigenvalue weighted by Gasteiger charge is -2.28. The van der Waals surface area contributed by atoms with Gasteiger partial charge in [-0.05, 0) is 57.0 Å². The van der Waals surface area contributed by atoms with Crippen molar-refractivity contribution < 1.29 is 8.42 Å². The van der Waals surface area contributed by atoms with Gasteiger partial charge in [-0.1, -0.05) is 23.2 Å². The highest BCUT2D eigenvalue weighted by Gasteiger charge is 2.26. The van der Waals surface area contributed by atoms with Gasteiger partial charge in [-0.15, -0.1) is 12.4 Å². The van der Waals surface area contributed by atoms with E-state index in [9.17, 15) is 8.42 Å². The summed E-state index contributed by atoms with van der Waals surface area (Å²) < 4.78 is 27.5. The van der Waals surface area contributed by atoms with E-state index in [1.54, 1.807) is 6.07 Å². The van der Waals surface area contributed by atoms with Gasteiger partial charge in [-0.2, -0.15) is 0 Å². The quantitative estimate of drug-likeness (QED) is 0.852. The van der Waals surface area contributed by atoms with E-state index in [0.717, 1.165) is 25.9 Å². The molecule has 2 unspecified atom stereocenters. The Kier molecular flexibility index (Phi) is 7.24. The molecule has 120 valence electrons. The van der Waals surface area contributed by atoms with Gasteiger partial charge >= 0.3 is 0 Å². The summed E-state index contributed by atoms with van der Waals surface area (Å²) in [7, 11) is -3.66. The molecule has 2 N–H and O–H groups in total. The minimum absolute atomic E-state index is 0. The minimum Gasteiger partial charge on any atom is -0.316 e. The van der Waals surface area contributed by atoms with E-state index in [-0.39, 0.29) is 34.3 Å². The topological polar surface area (TPSA) is 58.2 Å². The average molecular weight is 374 g/mol. The molecule has 0 bridgehead atoms. The lowest BCUT2D eigenvalue weighted by Crippen LogP contribution is -2.44. The second kappa shape index (κ2) is 7.99. The van der Waals surface area contributed by atoms with E-state index in [0.29, 0.717) is 5.02 Å². The Morgan fingerprint density at radius 3 is 2.71 bits per heavy atom. The fourth-order valence-corrected chi connectivity index (χ4v) is 4.47. The zero-order valence-electron chi connectivity index (χ0n) is 11.6. The molecular weight excluding hydrogens is 355 g/mol. The van der Waals surface area contributed by atoms with E-state index in [1.165, 1.54) is 12.1 Å². The third-order valence-corrected chi connectivity index (χ3v) is 5.84. The van der Waals surface area contributed by atoms with E-state index in [4.69, 9.17) is 23.2 Å². The number of hydrogen-bond donors (Lipinski definition) is 2. The molecule has 1 saturated heterocycles. The highest BCUT2D eigenvalue weighted by molar-refractivity contribution is 7.89. The van der Waals surface area contributed by atoms with Crippen LogP contribution in [-0.4, -0.2) is 27.5 Å². The monoisotopic (exact) mass is 372 g/mol. The summed E-state index contributed by atoms with van der Waals surface area (Å²) in [5.41, 5.74) is 0. The van der Waals surface area contributed by atoms with E-state index < -0.39 is 10.0 Å². The number of sulfonamides is 1. The van der Waals surface area contributed by atoms with Crippen LogP contribution in [-0.2, 0) is 10.0 Å². The van der Waals surface area contributed by atoms with Crippen molar-refractivity contribution in [2.24, 2.45) is 5.92 Å². The van der Waals surface area contributed by atoms with Crippen molar-refractivity contribution in [3.63, 3.8) is 0 Å². The third-order valence-electron chi connectivity index (χ3n) is 3.57. The molecule has 21 heavy (non-hydrogen) atoms. The molecule has 4 nitrogen and oxygen atoms in total. The molecule has 1 aromatic carbocycles. The predicted octanol–water partition coefficient (Wildman–Crippen LogP) is 3.08. The van der Waals surface area contributed by atoms with Crippen molar-refractivity contribution >= 4 is 45.6 Å². The zero-order chi connectivity index (χ0) is 14.8. The van der Waals surface area contributed by atoms with Crippen LogP contribution in [0.3, 0.4) is 0 Å². The molecule has 1 aliphatic rings. The Balaban J connectivity index is 0.00000220. The Labute approximate surface area is 142 Å². The van der Waals surface area contributed by atoms with Crippen molar-refractivity contribution in [2.45, 2.75) is 30.7 Å². The van der Waals surface area contributed by atoms with Gasteiger partial charge in [0.25, 0.3) is 0 Å². The van der Waals surface area contributed by atoms with Gasteiger partial charge in [0, 0.05) is 11.1 Å². The Morgan fingerprint density at radius 2 is 2.10 bits per heavy atom. The number of rotatable bonds is 4. The SMILES string of the molecule is CC(NS(=O)(=O)c1cc(Cl)ccc1Cl)C1CCCNC1.Cl. The Morgan fingerprint density at radius 1 is 1.38 bits per heavy atom. The van der Waals surface area contributed by atoms with Gasteiger partial charge in [0.2, 0.25) is 10.0 Å². The largest absolute Gasteiger partial charge is 0.316 e. The Hall–Kier alpha value is -0.0400. The first-order valence-electron chi connectivity index (χ1n) is 6.58. The minimum atomic E-state index is -3.66. The molecular formula is C13H19Cl3N2O2S. The second-order valence-corrected chi connectivity index (χ2v) is 7.62. The van der Waals surface area contributed by atoms with Gasteiger partial charge in [0.15, 0.2) is 0 Å². The van der Waals surface area contributed by atoms with Crippen LogP contribution in [0.15, 0.2) is 23.1 Å². The number of hydrogen-bond acceptors (Lipinski definition) is 3. The first kappa shape index (κ1) is 19.0. The lowest BCUT2D eigenvalue weighted by molar-refractivity contribution is 0.320. The fourth-order valence-electron chi connectivity index (χ4n) is 2.39. The van der Waals surface area contributed by atoms with Crippen LogP contribution in [0.25, 0.3) is 0 Å². The standard InChI is InChI=1S/C13H18Cl2N2O2S.ClH/c1-9(10-3-2-6-16-8-10)17-20(18,19)13-7-11(14)4-5-12(13)15;/h4-5,7,9-10,16-17H,2-3,6,8H2,1H3;1H. The molecule has 2 rings (SSSR count). The maximum absolute atomic E-state index is 12.4. The molecule has 1 aromatic rings. The number of piperidine rings is 1. The first-order chi connectivity index (χ1) is 9.40. The van der Waals surface area contributed by atoms with Crippen LogP contribution in [0.1, 0.15) is 19.8 Å². The molecule has 8 heteroatoms. The lowest BCUT2D eigenvalue weighted by atomic mass is 9.94. The summed E-state index contributed by atoms with van der Waals surface area (Å²) in [6.45, 7) is 3.71. The average Bonchev–Trinajstić information content (AvgIpc) is 2.42. The molecule has 0 saturated carbocycles. The van der Waals surface area contributed by atoms with E-state index >= 15 is 0 Å². The fraction of sp³-hybridized carbons (Fsp3) is 0.538. The number of benzene rings is 1. The molecule has 0 spiro atoms. The highest BCUT2D eigenvalue weighted by Crippen LogP contribution is 2.26. The van der Waals surface area contributed by atoms with Gasteiger partial charge < -0.3 is 5.32 Å². The van der Waals surface area contributed by atoms with Crippen LogP contribution in [0.4, 0.5) is 0 Å². The van der Waals surface area contributed by atoms with E-state index in [2.05, 4.69) is 10.0 Å². The summed E-state index contributed by atoms with van der Waals surface area (Å²) in [5, 5.41) is 3.81. The van der Waals surface area contributed by atoms with E-state index in [1.807, 2.05) is 6.92 Å². The number of nitrogens with one attached hydrogen (secondary N) is 2.